The van der Waals surface area contributed by atoms with Crippen LogP contribution in [0.2, 0.25) is 0 Å². The van der Waals surface area contributed by atoms with E-state index >= 15 is 0 Å². The van der Waals surface area contributed by atoms with E-state index in [9.17, 15) is 44.3 Å². The second-order valence-corrected chi connectivity index (χ2v) is 2.95. The van der Waals surface area contributed by atoms with Gasteiger partial charge < -0.3 is 4.74 Å². The molecule has 108 valence electrons. The maximum atomic E-state index is 13.1. The third-order valence-electron chi connectivity index (χ3n) is 1.74. The van der Waals surface area contributed by atoms with Crippen molar-refractivity contribution in [3.63, 3.8) is 0 Å². The highest BCUT2D eigenvalue weighted by Crippen LogP contribution is 2.53. The number of esters is 1. The minimum Gasteiger partial charge on any atom is -0.463 e. The zero-order chi connectivity index (χ0) is 15.0. The van der Waals surface area contributed by atoms with E-state index in [1.807, 2.05) is 0 Å². The fourth-order valence-electron chi connectivity index (χ4n) is 0.848. The molecule has 0 radical (unpaired) electrons. The third-order valence-corrected chi connectivity index (χ3v) is 1.74. The highest BCUT2D eigenvalue weighted by Gasteiger charge is 2.85. The van der Waals surface area contributed by atoms with Crippen LogP contribution in [0, 0.1) is 0 Å². The molecule has 2 nitrogen and oxygen atoms in total. The normalized spacial score (nSPS) is 17.2. The summed E-state index contributed by atoms with van der Waals surface area (Å²) in [6.07, 6.45) is -13.7. The van der Waals surface area contributed by atoms with Crippen molar-refractivity contribution in [2.45, 2.75) is 30.9 Å². The summed E-state index contributed by atoms with van der Waals surface area (Å²) in [5.74, 6) is -10.3. The number of carbonyl (C=O) groups is 1. The fourth-order valence-corrected chi connectivity index (χ4v) is 0.848. The molecule has 0 saturated heterocycles. The number of hydrogen-bond acceptors (Lipinski definition) is 2. The molecule has 0 spiro atoms. The summed E-state index contributed by atoms with van der Waals surface area (Å²) in [7, 11) is 0. The highest BCUT2D eigenvalue weighted by molar-refractivity contribution is 5.82. The predicted molar refractivity (Wildman–Crippen MR) is 37.5 cm³/mol. The van der Waals surface area contributed by atoms with E-state index in [0.29, 0.717) is 0 Å². The number of carbonyl (C=O) groups excluding carboxylic acids is 1. The topological polar surface area (TPSA) is 26.3 Å². The van der Waals surface area contributed by atoms with Crippen molar-refractivity contribution >= 4 is 5.97 Å². The molecule has 0 aliphatic heterocycles. The van der Waals surface area contributed by atoms with Gasteiger partial charge in [0.25, 0.3) is 0 Å². The molecule has 0 fully saturated rings. The van der Waals surface area contributed by atoms with Crippen LogP contribution in [0.15, 0.2) is 0 Å². The molecular weight excluding hydrogens is 287 g/mol. The molecule has 0 aromatic heterocycles. The van der Waals surface area contributed by atoms with Gasteiger partial charge in [-0.1, -0.05) is 0 Å². The first-order valence-electron chi connectivity index (χ1n) is 4.10. The standard InChI is InChI=1S/C7H5F9O2/c1-2-18-3(17)4(8,6(11,12)13)5(9,10)7(14,15)16/h2H2,1H3. The van der Waals surface area contributed by atoms with Crippen molar-refractivity contribution < 1.29 is 49.0 Å². The summed E-state index contributed by atoms with van der Waals surface area (Å²) in [5.41, 5.74) is -6.49. The van der Waals surface area contributed by atoms with Gasteiger partial charge in [0.2, 0.25) is 0 Å². The highest BCUT2D eigenvalue weighted by atomic mass is 19.4. The Labute approximate surface area is 93.7 Å². The SMILES string of the molecule is CCOC(=O)C(F)(C(F)(F)F)C(F)(F)C(F)(F)F. The number of halogens is 9. The number of hydrogen-bond donors (Lipinski definition) is 0. The molecule has 0 N–H and O–H groups in total. The molecule has 0 aliphatic carbocycles. The second kappa shape index (κ2) is 4.50. The van der Waals surface area contributed by atoms with E-state index in [0.717, 1.165) is 6.92 Å². The monoisotopic (exact) mass is 292 g/mol. The Kier molecular flexibility index (Phi) is 4.21. The van der Waals surface area contributed by atoms with Gasteiger partial charge in [-0.3, -0.25) is 0 Å². The number of rotatable bonds is 3. The largest absolute Gasteiger partial charge is 0.463 e. The first-order valence-corrected chi connectivity index (χ1v) is 4.10. The van der Waals surface area contributed by atoms with E-state index in [4.69, 9.17) is 0 Å². The van der Waals surface area contributed by atoms with Gasteiger partial charge in [-0.05, 0) is 6.92 Å². The van der Waals surface area contributed by atoms with Crippen molar-refractivity contribution in [1.29, 1.82) is 0 Å². The van der Waals surface area contributed by atoms with Crippen molar-refractivity contribution in [3.8, 4) is 0 Å². The number of alkyl halides is 9. The van der Waals surface area contributed by atoms with Crippen LogP contribution in [0.5, 0.6) is 0 Å². The lowest BCUT2D eigenvalue weighted by atomic mass is 9.96. The molecule has 0 aromatic carbocycles. The lowest BCUT2D eigenvalue weighted by Gasteiger charge is -2.33. The second-order valence-electron chi connectivity index (χ2n) is 2.95. The minimum absolute atomic E-state index is 0.806. The van der Waals surface area contributed by atoms with Gasteiger partial charge in [0.15, 0.2) is 0 Å². The molecule has 0 amide bonds. The Morgan fingerprint density at radius 3 is 1.50 bits per heavy atom. The van der Waals surface area contributed by atoms with E-state index in [1.165, 1.54) is 0 Å². The third kappa shape index (κ3) is 2.34. The van der Waals surface area contributed by atoms with Gasteiger partial charge in [-0.25, -0.2) is 9.18 Å². The minimum atomic E-state index is -6.97. The van der Waals surface area contributed by atoms with Gasteiger partial charge in [-0.15, -0.1) is 0 Å². The zero-order valence-electron chi connectivity index (χ0n) is 8.43. The van der Waals surface area contributed by atoms with Gasteiger partial charge in [0.05, 0.1) is 6.61 Å². The molecule has 0 bridgehead atoms. The van der Waals surface area contributed by atoms with Crippen LogP contribution in [0.1, 0.15) is 6.92 Å². The van der Waals surface area contributed by atoms with Gasteiger partial charge >= 0.3 is 29.9 Å². The van der Waals surface area contributed by atoms with Crippen molar-refractivity contribution in [2.75, 3.05) is 6.61 Å². The maximum Gasteiger partial charge on any atom is 0.457 e. The van der Waals surface area contributed by atoms with Crippen molar-refractivity contribution in [3.05, 3.63) is 0 Å². The Hall–Kier alpha value is -1.16. The Balaban J connectivity index is 5.88. The van der Waals surface area contributed by atoms with E-state index in [-0.39, 0.29) is 0 Å². The van der Waals surface area contributed by atoms with E-state index in [1.54, 1.807) is 0 Å². The van der Waals surface area contributed by atoms with Crippen LogP contribution in [0.4, 0.5) is 39.5 Å². The van der Waals surface area contributed by atoms with Crippen LogP contribution in [-0.2, 0) is 9.53 Å². The fraction of sp³-hybridized carbons (Fsp3) is 0.857. The molecule has 0 aliphatic rings. The lowest BCUT2D eigenvalue weighted by molar-refractivity contribution is -0.375. The molecule has 1 unspecified atom stereocenters. The molecule has 0 aromatic rings. The molecular formula is C7H5F9O2. The molecule has 18 heavy (non-hydrogen) atoms. The van der Waals surface area contributed by atoms with E-state index < -0.39 is 36.5 Å². The Morgan fingerprint density at radius 1 is 0.889 bits per heavy atom. The molecule has 0 rings (SSSR count). The van der Waals surface area contributed by atoms with E-state index in [2.05, 4.69) is 4.74 Å². The van der Waals surface area contributed by atoms with Crippen LogP contribution >= 0.6 is 0 Å². The lowest BCUT2D eigenvalue weighted by Crippen LogP contribution is -2.66. The first kappa shape index (κ1) is 16.8. The number of ether oxygens (including phenoxy) is 1. The summed E-state index contributed by atoms with van der Waals surface area (Å²) >= 11 is 0. The summed E-state index contributed by atoms with van der Waals surface area (Å²) in [4.78, 5) is 10.5. The average Bonchev–Trinajstić information content (AvgIpc) is 2.12. The molecule has 1 atom stereocenters. The molecule has 11 heteroatoms. The van der Waals surface area contributed by atoms with Gasteiger partial charge in [0.1, 0.15) is 0 Å². The smallest absolute Gasteiger partial charge is 0.457 e. The maximum absolute atomic E-state index is 13.1. The molecule has 0 heterocycles. The predicted octanol–water partition coefficient (Wildman–Crippen LogP) is 3.02. The van der Waals surface area contributed by atoms with Crippen LogP contribution in [0.3, 0.4) is 0 Å². The van der Waals surface area contributed by atoms with Crippen molar-refractivity contribution in [2.24, 2.45) is 0 Å². The van der Waals surface area contributed by atoms with Gasteiger partial charge in [-0.2, -0.15) is 35.1 Å². The summed E-state index contributed by atoms with van der Waals surface area (Å²) in [6, 6.07) is 0. The van der Waals surface area contributed by atoms with Crippen LogP contribution < -0.4 is 0 Å². The van der Waals surface area contributed by atoms with Crippen LogP contribution in [-0.4, -0.2) is 36.5 Å². The summed E-state index contributed by atoms with van der Waals surface area (Å²) in [5, 5.41) is 0. The van der Waals surface area contributed by atoms with Crippen molar-refractivity contribution in [1.82, 2.24) is 0 Å². The Morgan fingerprint density at radius 2 is 1.28 bits per heavy atom. The molecule has 0 saturated carbocycles. The first-order chi connectivity index (χ1) is 7.73. The van der Waals surface area contributed by atoms with Crippen LogP contribution in [0.25, 0.3) is 0 Å². The Bertz CT molecular complexity index is 318. The zero-order valence-corrected chi connectivity index (χ0v) is 8.43. The summed E-state index contributed by atoms with van der Waals surface area (Å²) in [6.45, 7) is -0.199. The summed E-state index contributed by atoms with van der Waals surface area (Å²) < 4.78 is 113. The van der Waals surface area contributed by atoms with Gasteiger partial charge in [0, 0.05) is 0 Å². The quantitative estimate of drug-likeness (QED) is 0.590. The average molecular weight is 292 g/mol.